The van der Waals surface area contributed by atoms with E-state index in [4.69, 9.17) is 52.1 Å². The predicted octanol–water partition coefficient (Wildman–Crippen LogP) is 8.14. The first kappa shape index (κ1) is 43.3. The highest BCUT2D eigenvalue weighted by Gasteiger charge is 2.59. The zero-order valence-corrected chi connectivity index (χ0v) is 34.9. The highest BCUT2D eigenvalue weighted by molar-refractivity contribution is 5.17. The molecule has 11 atom stereocenters. The lowest BCUT2D eigenvalue weighted by atomic mass is 9.96. The summed E-state index contributed by atoms with van der Waals surface area (Å²) in [5.74, 6) is -1.38. The fourth-order valence-electron chi connectivity index (χ4n) is 7.94. The summed E-state index contributed by atoms with van der Waals surface area (Å²) in [6.45, 7) is 5.37. The average Bonchev–Trinajstić information content (AvgIpc) is 3.65. The summed E-state index contributed by atoms with van der Waals surface area (Å²) < 4.78 is 73.0. The molecule has 11 nitrogen and oxygen atoms in total. The zero-order chi connectivity index (χ0) is 41.9. The van der Waals surface area contributed by atoms with Crippen molar-refractivity contribution < 1.29 is 52.1 Å². The van der Waals surface area contributed by atoms with E-state index in [1.165, 1.54) is 7.11 Å². The van der Waals surface area contributed by atoms with E-state index in [9.17, 15) is 0 Å². The highest BCUT2D eigenvalue weighted by atomic mass is 16.9. The monoisotopic (exact) mass is 832 g/mol. The molecule has 3 heterocycles. The lowest BCUT2D eigenvalue weighted by Crippen LogP contribution is -2.65. The minimum atomic E-state index is -1.38. The molecule has 3 aliphatic heterocycles. The van der Waals surface area contributed by atoms with E-state index >= 15 is 0 Å². The van der Waals surface area contributed by atoms with Gasteiger partial charge in [0.15, 0.2) is 12.6 Å². The van der Waals surface area contributed by atoms with Crippen molar-refractivity contribution in [3.05, 3.63) is 179 Å². The van der Waals surface area contributed by atoms with Crippen molar-refractivity contribution in [2.24, 2.45) is 0 Å². The van der Waals surface area contributed by atoms with Crippen LogP contribution in [0.3, 0.4) is 0 Å². The van der Waals surface area contributed by atoms with Crippen LogP contribution in [-0.4, -0.2) is 81.1 Å². The van der Waals surface area contributed by atoms with Gasteiger partial charge in [-0.25, -0.2) is 0 Å². The molecule has 0 spiro atoms. The van der Waals surface area contributed by atoms with Gasteiger partial charge in [-0.2, -0.15) is 0 Å². The van der Waals surface area contributed by atoms with Crippen molar-refractivity contribution in [3.63, 3.8) is 0 Å². The first-order chi connectivity index (χ1) is 29.9. The van der Waals surface area contributed by atoms with Gasteiger partial charge in [0.2, 0.25) is 0 Å². The van der Waals surface area contributed by atoms with Gasteiger partial charge in [0.25, 0.3) is 5.97 Å². The molecule has 1 unspecified atom stereocenters. The van der Waals surface area contributed by atoms with Gasteiger partial charge in [0.05, 0.1) is 45.7 Å². The zero-order valence-electron chi connectivity index (χ0n) is 34.9. The molecule has 5 aromatic carbocycles. The predicted molar refractivity (Wildman–Crippen MR) is 225 cm³/mol. The number of methoxy groups -OCH3 is 1. The summed E-state index contributed by atoms with van der Waals surface area (Å²) in [6, 6.07) is 50.1. The molecule has 3 aliphatic rings. The molecule has 0 amide bonds. The quantitative estimate of drug-likeness (QED) is 0.0807. The number of hydrogen-bond donors (Lipinski definition) is 0. The Kier molecular flexibility index (Phi) is 15.0. The Morgan fingerprint density at radius 2 is 0.902 bits per heavy atom. The number of rotatable bonds is 19. The minimum Gasteiger partial charge on any atom is -0.374 e. The summed E-state index contributed by atoms with van der Waals surface area (Å²) in [7, 11) is 1.53. The number of ether oxygens (including phenoxy) is 11. The summed E-state index contributed by atoms with van der Waals surface area (Å²) in [5.41, 5.74) is 5.02. The van der Waals surface area contributed by atoms with Crippen molar-refractivity contribution in [1.82, 2.24) is 0 Å². The van der Waals surface area contributed by atoms with Crippen molar-refractivity contribution in [2.75, 3.05) is 13.7 Å². The van der Waals surface area contributed by atoms with E-state index in [2.05, 4.69) is 0 Å². The van der Waals surface area contributed by atoms with Crippen LogP contribution in [0, 0.1) is 0 Å². The van der Waals surface area contributed by atoms with Gasteiger partial charge < -0.3 is 47.4 Å². The normalized spacial score (nSPS) is 29.9. The van der Waals surface area contributed by atoms with Crippen LogP contribution in [0.4, 0.5) is 0 Å². The molecule has 8 rings (SSSR count). The second-order valence-electron chi connectivity index (χ2n) is 15.7. The van der Waals surface area contributed by atoms with E-state index in [0.717, 1.165) is 27.8 Å². The summed E-state index contributed by atoms with van der Waals surface area (Å²) in [6.07, 6.45) is -7.27. The minimum absolute atomic E-state index is 0.177. The maximum atomic E-state index is 7.24. The third kappa shape index (κ3) is 11.4. The van der Waals surface area contributed by atoms with E-state index < -0.39 is 67.4 Å². The molecule has 0 N–H and O–H groups in total. The molecule has 11 heteroatoms. The first-order valence-electron chi connectivity index (χ1n) is 21.1. The van der Waals surface area contributed by atoms with Gasteiger partial charge in [-0.15, -0.1) is 0 Å². The number of fused-ring (bicyclic) bond motifs is 1. The second kappa shape index (κ2) is 21.2. The van der Waals surface area contributed by atoms with Crippen LogP contribution in [0.1, 0.15) is 41.7 Å². The van der Waals surface area contributed by atoms with Crippen molar-refractivity contribution in [1.29, 1.82) is 0 Å². The highest BCUT2D eigenvalue weighted by Crippen LogP contribution is 2.41. The lowest BCUT2D eigenvalue weighted by molar-refractivity contribution is -0.361. The fourth-order valence-corrected chi connectivity index (χ4v) is 7.94. The van der Waals surface area contributed by atoms with Crippen LogP contribution in [0.2, 0.25) is 0 Å². The van der Waals surface area contributed by atoms with Crippen LogP contribution in [0.25, 0.3) is 0 Å². The Balaban J connectivity index is 1.16. The van der Waals surface area contributed by atoms with Gasteiger partial charge >= 0.3 is 0 Å². The average molecular weight is 833 g/mol. The summed E-state index contributed by atoms with van der Waals surface area (Å²) in [5, 5.41) is 0. The Hall–Kier alpha value is -4.34. The fraction of sp³-hybridized carbons (Fsp3) is 0.400. The Morgan fingerprint density at radius 3 is 1.38 bits per heavy atom. The Labute approximate surface area is 358 Å². The maximum absolute atomic E-state index is 7.24. The molecule has 0 radical (unpaired) electrons. The molecular weight excluding hydrogens is 777 g/mol. The van der Waals surface area contributed by atoms with Crippen LogP contribution in [-0.2, 0) is 85.1 Å². The van der Waals surface area contributed by atoms with E-state index in [0.29, 0.717) is 19.8 Å². The second-order valence-corrected chi connectivity index (χ2v) is 15.7. The van der Waals surface area contributed by atoms with Crippen LogP contribution in [0.5, 0.6) is 0 Å². The van der Waals surface area contributed by atoms with Crippen LogP contribution >= 0.6 is 0 Å². The van der Waals surface area contributed by atoms with Crippen molar-refractivity contribution in [2.45, 2.75) is 114 Å². The smallest absolute Gasteiger partial charge is 0.282 e. The van der Waals surface area contributed by atoms with Crippen LogP contribution in [0.15, 0.2) is 152 Å². The molecule has 61 heavy (non-hydrogen) atoms. The molecule has 3 saturated heterocycles. The molecule has 5 aromatic rings. The Bertz CT molecular complexity index is 2010. The SMILES string of the molecule is COC1(C)O[C@H]2O[C@@H](C)[C@H](OCc3ccccc3)[C@@H](O[C@H]3O[C@H](COCc4ccccc4)[C@@H](OCc4ccccc4)[C@H](OCc4ccccc4)[C@H]3OCc3ccccc3)[C@H]2O1. The molecule has 0 saturated carbocycles. The summed E-state index contributed by atoms with van der Waals surface area (Å²) >= 11 is 0. The first-order valence-corrected chi connectivity index (χ1v) is 21.1. The standard InChI is InChI=1S/C50H56O11/c1-35-42(53-30-37-21-11-5-12-22-37)45(47-49(57-35)61-50(2,51-3)60-47)59-48-46(56-33-40-27-17-8-18-28-40)44(55-32-39-25-15-7-16-26-39)43(54-31-38-23-13-6-14-24-38)41(58-48)34-52-29-36-19-9-4-10-20-36/h4-28,35,41-49H,29-34H2,1-3H3/t35-,41+,42-,43+,44-,45+,46+,47+,48+,49+,50?/m0/s1. The molecule has 322 valence electrons. The van der Waals surface area contributed by atoms with Crippen LogP contribution < -0.4 is 0 Å². The van der Waals surface area contributed by atoms with Crippen molar-refractivity contribution >= 4 is 0 Å². The van der Waals surface area contributed by atoms with E-state index in [-0.39, 0.29) is 19.8 Å². The largest absolute Gasteiger partial charge is 0.374 e. The van der Waals surface area contributed by atoms with Crippen molar-refractivity contribution in [3.8, 4) is 0 Å². The van der Waals surface area contributed by atoms with Gasteiger partial charge in [-0.1, -0.05) is 152 Å². The molecule has 0 aromatic heterocycles. The van der Waals surface area contributed by atoms with E-state index in [1.54, 1.807) is 6.92 Å². The number of benzene rings is 5. The third-order valence-electron chi connectivity index (χ3n) is 11.2. The maximum Gasteiger partial charge on any atom is 0.282 e. The van der Waals surface area contributed by atoms with Gasteiger partial charge in [0.1, 0.15) is 42.7 Å². The molecular formula is C50H56O11. The molecule has 0 aliphatic carbocycles. The number of hydrogen-bond acceptors (Lipinski definition) is 11. The Morgan fingerprint density at radius 1 is 0.475 bits per heavy atom. The molecule has 0 bridgehead atoms. The summed E-state index contributed by atoms with van der Waals surface area (Å²) in [4.78, 5) is 0. The topological polar surface area (TPSA) is 102 Å². The molecule has 3 fully saturated rings. The lowest BCUT2D eigenvalue weighted by Gasteiger charge is -2.48. The van der Waals surface area contributed by atoms with Gasteiger partial charge in [-0.3, -0.25) is 4.74 Å². The third-order valence-corrected chi connectivity index (χ3v) is 11.2. The van der Waals surface area contributed by atoms with E-state index in [1.807, 2.05) is 159 Å². The van der Waals surface area contributed by atoms with Gasteiger partial charge in [-0.05, 0) is 34.7 Å². The van der Waals surface area contributed by atoms with Gasteiger partial charge in [0, 0.05) is 14.0 Å².